The summed E-state index contributed by atoms with van der Waals surface area (Å²) in [5.74, 6) is 0. The Kier molecular flexibility index (Phi) is 11.3. The molecule has 1 atom stereocenters. The van der Waals surface area contributed by atoms with Crippen LogP contribution in [0.1, 0.15) is 27.2 Å². The van der Waals surface area contributed by atoms with Gasteiger partial charge in [0.15, 0.2) is 8.32 Å². The Morgan fingerprint density at radius 2 is 1.03 bits per heavy atom. The van der Waals surface area contributed by atoms with Crippen molar-refractivity contribution in [2.75, 3.05) is 25.1 Å². The first kappa shape index (κ1) is 26.3. The molecule has 0 aliphatic heterocycles. The van der Waals surface area contributed by atoms with Crippen LogP contribution in [0.5, 0.6) is 0 Å². The van der Waals surface area contributed by atoms with E-state index in [0.717, 1.165) is 6.61 Å². The summed E-state index contributed by atoms with van der Waals surface area (Å²) in [4.78, 5) is 0. The highest BCUT2D eigenvalue weighted by atomic mass is 31.1. The smallest absolute Gasteiger partial charge is 0.191 e. The van der Waals surface area contributed by atoms with Gasteiger partial charge >= 0.3 is 0 Å². The highest BCUT2D eigenvalue weighted by Crippen LogP contribution is 2.42. The van der Waals surface area contributed by atoms with Crippen molar-refractivity contribution in [2.24, 2.45) is 0 Å². The Labute approximate surface area is 205 Å². The lowest BCUT2D eigenvalue weighted by molar-refractivity contribution is 0.300. The van der Waals surface area contributed by atoms with Crippen molar-refractivity contribution in [3.05, 3.63) is 91.0 Å². The third-order valence-corrected chi connectivity index (χ3v) is 17.0. The second-order valence-corrected chi connectivity index (χ2v) is 18.2. The zero-order chi connectivity index (χ0) is 23.4. The molecule has 0 bridgehead atoms. The van der Waals surface area contributed by atoms with E-state index in [4.69, 9.17) is 4.43 Å². The lowest BCUT2D eigenvalue weighted by atomic mass is 10.4. The SMILES string of the molecule is CC[Si](CC)(CC)OCCCP(CCP(c1ccccc1)c1ccccc1)c1ccccc1. The standard InChI is InChI=1S/C29H40OP2Si/c1-4-33(5-2,6-3)30-23-16-24-31(27-17-10-7-11-18-27)25-26-32(28-19-12-8-13-20-28)29-21-14-9-15-22-29/h7-15,17-22H,4-6,16,23-26H2,1-3H3. The van der Waals surface area contributed by atoms with E-state index in [1.54, 1.807) is 5.30 Å². The fourth-order valence-corrected chi connectivity index (χ4v) is 12.6. The molecule has 176 valence electrons. The molecule has 0 aliphatic rings. The zero-order valence-corrected chi connectivity index (χ0v) is 23.4. The van der Waals surface area contributed by atoms with E-state index in [2.05, 4.69) is 112 Å². The Bertz CT molecular complexity index is 853. The van der Waals surface area contributed by atoms with Gasteiger partial charge in [0.05, 0.1) is 0 Å². The van der Waals surface area contributed by atoms with Crippen molar-refractivity contribution >= 4 is 40.1 Å². The van der Waals surface area contributed by atoms with E-state index in [9.17, 15) is 0 Å². The number of hydrogen-bond acceptors (Lipinski definition) is 1. The first-order valence-corrected chi connectivity index (χ1v) is 18.3. The molecule has 0 N–H and O–H groups in total. The molecule has 1 unspecified atom stereocenters. The van der Waals surface area contributed by atoms with Crippen molar-refractivity contribution in [1.29, 1.82) is 0 Å². The van der Waals surface area contributed by atoms with Crippen molar-refractivity contribution < 1.29 is 4.43 Å². The fraction of sp³-hybridized carbons (Fsp3) is 0.379. The monoisotopic (exact) mass is 494 g/mol. The third-order valence-electron chi connectivity index (χ3n) is 6.76. The van der Waals surface area contributed by atoms with Gasteiger partial charge in [-0.2, -0.15) is 0 Å². The molecule has 1 nitrogen and oxygen atoms in total. The second-order valence-electron chi connectivity index (χ2n) is 8.59. The molecule has 3 aromatic rings. The molecule has 3 rings (SSSR count). The highest BCUT2D eigenvalue weighted by molar-refractivity contribution is 7.74. The lowest BCUT2D eigenvalue weighted by Gasteiger charge is -2.28. The number of hydrogen-bond donors (Lipinski definition) is 0. The largest absolute Gasteiger partial charge is 0.417 e. The van der Waals surface area contributed by atoms with E-state index < -0.39 is 8.32 Å². The molecule has 0 spiro atoms. The van der Waals surface area contributed by atoms with Crippen molar-refractivity contribution in [3.63, 3.8) is 0 Å². The fourth-order valence-electron chi connectivity index (χ4n) is 4.45. The minimum Gasteiger partial charge on any atom is -0.417 e. The summed E-state index contributed by atoms with van der Waals surface area (Å²) < 4.78 is 6.58. The van der Waals surface area contributed by atoms with Gasteiger partial charge in [-0.1, -0.05) is 120 Å². The van der Waals surface area contributed by atoms with Crippen LogP contribution in [-0.4, -0.2) is 33.4 Å². The predicted molar refractivity (Wildman–Crippen MR) is 154 cm³/mol. The van der Waals surface area contributed by atoms with Crippen LogP contribution >= 0.6 is 15.8 Å². The van der Waals surface area contributed by atoms with Crippen molar-refractivity contribution in [1.82, 2.24) is 0 Å². The quantitative estimate of drug-likeness (QED) is 0.129. The molecular formula is C29H40OP2Si. The van der Waals surface area contributed by atoms with Gasteiger partial charge in [0, 0.05) is 6.61 Å². The Morgan fingerprint density at radius 1 is 0.576 bits per heavy atom. The first-order valence-electron chi connectivity index (χ1n) is 12.5. The number of benzene rings is 3. The number of rotatable bonds is 14. The topological polar surface area (TPSA) is 9.23 Å². The van der Waals surface area contributed by atoms with Gasteiger partial charge in [-0.3, -0.25) is 0 Å². The van der Waals surface area contributed by atoms with Crippen LogP contribution in [0, 0.1) is 0 Å². The summed E-state index contributed by atoms with van der Waals surface area (Å²) in [6, 6.07) is 37.3. The molecule has 3 aromatic carbocycles. The molecule has 0 aliphatic carbocycles. The van der Waals surface area contributed by atoms with Crippen LogP contribution in [-0.2, 0) is 4.43 Å². The Balaban J connectivity index is 1.69. The van der Waals surface area contributed by atoms with Gasteiger partial charge in [0.1, 0.15) is 0 Å². The van der Waals surface area contributed by atoms with Gasteiger partial charge in [0.25, 0.3) is 0 Å². The molecule has 0 aromatic heterocycles. The van der Waals surface area contributed by atoms with Gasteiger partial charge < -0.3 is 4.43 Å². The average Bonchev–Trinajstić information content (AvgIpc) is 2.90. The molecule has 0 saturated carbocycles. The van der Waals surface area contributed by atoms with Crippen LogP contribution in [0.4, 0.5) is 0 Å². The summed E-state index contributed by atoms with van der Waals surface area (Å²) in [6.07, 6.45) is 4.99. The average molecular weight is 495 g/mol. The normalized spacial score (nSPS) is 12.7. The summed E-state index contributed by atoms with van der Waals surface area (Å²) in [5.41, 5.74) is 0. The van der Waals surface area contributed by atoms with Crippen molar-refractivity contribution in [3.8, 4) is 0 Å². The molecule has 0 radical (unpaired) electrons. The van der Waals surface area contributed by atoms with Crippen LogP contribution in [0.15, 0.2) is 91.0 Å². The summed E-state index contributed by atoms with van der Waals surface area (Å²) in [5, 5.41) is 4.54. The van der Waals surface area contributed by atoms with Crippen molar-refractivity contribution in [2.45, 2.75) is 45.3 Å². The summed E-state index contributed by atoms with van der Waals surface area (Å²) in [7, 11) is -1.99. The van der Waals surface area contributed by atoms with E-state index in [1.165, 1.54) is 53.6 Å². The van der Waals surface area contributed by atoms with Gasteiger partial charge in [-0.05, 0) is 66.9 Å². The molecule has 0 amide bonds. The Morgan fingerprint density at radius 3 is 1.48 bits per heavy atom. The molecule has 4 heteroatoms. The van der Waals surface area contributed by atoms with E-state index in [1.807, 2.05) is 0 Å². The van der Waals surface area contributed by atoms with Crippen LogP contribution in [0.2, 0.25) is 18.1 Å². The van der Waals surface area contributed by atoms with Gasteiger partial charge in [-0.25, -0.2) is 0 Å². The maximum Gasteiger partial charge on any atom is 0.191 e. The van der Waals surface area contributed by atoms with Crippen LogP contribution in [0.3, 0.4) is 0 Å². The molecular weight excluding hydrogens is 454 g/mol. The second kappa shape index (κ2) is 14.2. The lowest BCUT2D eigenvalue weighted by Crippen LogP contribution is -2.36. The molecule has 0 fully saturated rings. The molecule has 33 heavy (non-hydrogen) atoms. The molecule has 0 saturated heterocycles. The minimum absolute atomic E-state index is 0.178. The van der Waals surface area contributed by atoms with Crippen LogP contribution in [0.25, 0.3) is 0 Å². The predicted octanol–water partition coefficient (Wildman–Crippen LogP) is 7.34. The van der Waals surface area contributed by atoms with Gasteiger partial charge in [-0.15, -0.1) is 0 Å². The van der Waals surface area contributed by atoms with E-state index in [-0.39, 0.29) is 15.8 Å². The van der Waals surface area contributed by atoms with E-state index >= 15 is 0 Å². The zero-order valence-electron chi connectivity index (χ0n) is 20.6. The minimum atomic E-state index is -1.48. The van der Waals surface area contributed by atoms with E-state index in [0.29, 0.717) is 0 Å². The highest BCUT2D eigenvalue weighted by Gasteiger charge is 2.28. The van der Waals surface area contributed by atoms with Gasteiger partial charge in [0.2, 0.25) is 0 Å². The maximum atomic E-state index is 6.58. The third kappa shape index (κ3) is 7.86. The molecule has 0 heterocycles. The summed E-state index contributed by atoms with van der Waals surface area (Å²) >= 11 is 0. The maximum absolute atomic E-state index is 6.58. The summed E-state index contributed by atoms with van der Waals surface area (Å²) in [6.45, 7) is 7.92. The Hall–Kier alpha value is -1.30. The van der Waals surface area contributed by atoms with Crippen LogP contribution < -0.4 is 15.9 Å². The first-order chi connectivity index (χ1) is 16.2.